The standard InChI is InChI=1S/C28H32N2O3S2/c1-20(25(22-14-8-4-9-15-22)23-16-10-5-11-17-23)35(32,33)27-24(34)18-29-26(27)28(31)30(2)19-21-12-6-3-7-13-21/h3-17,20,24-27,29,34H,18-19H2,1-2H3. The van der Waals surface area contributed by atoms with Crippen LogP contribution in [0.1, 0.15) is 29.5 Å². The Kier molecular flexibility index (Phi) is 7.99. The van der Waals surface area contributed by atoms with E-state index in [-0.39, 0.29) is 11.8 Å². The molecule has 1 aliphatic rings. The van der Waals surface area contributed by atoms with Gasteiger partial charge in [0.15, 0.2) is 9.84 Å². The molecule has 0 spiro atoms. The minimum Gasteiger partial charge on any atom is -0.340 e. The SMILES string of the molecule is CC(C(c1ccccc1)c1ccccc1)S(=O)(=O)C1C(S)CNC1C(=O)N(C)Cc1ccccc1. The molecular weight excluding hydrogens is 476 g/mol. The molecule has 0 aromatic heterocycles. The number of nitrogens with one attached hydrogen (secondary N) is 1. The zero-order valence-electron chi connectivity index (χ0n) is 20.0. The first-order valence-corrected chi connectivity index (χ1v) is 14.0. The Morgan fingerprint density at radius 3 is 1.94 bits per heavy atom. The number of carbonyl (C=O) groups is 1. The quantitative estimate of drug-likeness (QED) is 0.453. The maximum Gasteiger partial charge on any atom is 0.241 e. The van der Waals surface area contributed by atoms with Gasteiger partial charge >= 0.3 is 0 Å². The van der Waals surface area contributed by atoms with Gasteiger partial charge in [-0.3, -0.25) is 4.79 Å². The molecule has 3 aromatic rings. The molecule has 4 rings (SSSR count). The van der Waals surface area contributed by atoms with Crippen molar-refractivity contribution in [2.75, 3.05) is 13.6 Å². The first kappa shape index (κ1) is 25.5. The first-order valence-electron chi connectivity index (χ1n) is 11.8. The van der Waals surface area contributed by atoms with Crippen molar-refractivity contribution in [1.82, 2.24) is 10.2 Å². The third-order valence-corrected chi connectivity index (χ3v) is 10.2. The maximum atomic E-state index is 14.2. The molecule has 0 saturated carbocycles. The molecule has 3 aromatic carbocycles. The van der Waals surface area contributed by atoms with Gasteiger partial charge in [0.1, 0.15) is 6.04 Å². The van der Waals surface area contributed by atoms with Crippen molar-refractivity contribution in [3.05, 3.63) is 108 Å². The molecule has 1 amide bonds. The zero-order valence-corrected chi connectivity index (χ0v) is 21.7. The molecule has 1 fully saturated rings. The lowest BCUT2D eigenvalue weighted by molar-refractivity contribution is -0.132. The molecule has 4 atom stereocenters. The van der Waals surface area contributed by atoms with Crippen LogP contribution in [0, 0.1) is 0 Å². The molecular formula is C28H32N2O3S2. The second-order valence-corrected chi connectivity index (χ2v) is 12.3. The normalized spacial score (nSPS) is 21.1. The molecule has 0 aliphatic carbocycles. The lowest BCUT2D eigenvalue weighted by Gasteiger charge is -2.32. The van der Waals surface area contributed by atoms with Gasteiger partial charge in [0.05, 0.1) is 10.5 Å². The topological polar surface area (TPSA) is 66.5 Å². The van der Waals surface area contributed by atoms with Crippen LogP contribution in [0.3, 0.4) is 0 Å². The average Bonchev–Trinajstić information content (AvgIpc) is 3.27. The van der Waals surface area contributed by atoms with Gasteiger partial charge in [0, 0.05) is 31.3 Å². The molecule has 0 radical (unpaired) electrons. The van der Waals surface area contributed by atoms with Gasteiger partial charge in [0.2, 0.25) is 5.91 Å². The highest BCUT2D eigenvalue weighted by Gasteiger charge is 2.50. The number of nitrogens with zero attached hydrogens (tertiary/aromatic N) is 1. The van der Waals surface area contributed by atoms with E-state index >= 15 is 0 Å². The Labute approximate surface area is 213 Å². The van der Waals surface area contributed by atoms with Crippen LogP contribution in [0.4, 0.5) is 0 Å². The average molecular weight is 509 g/mol. The monoisotopic (exact) mass is 508 g/mol. The molecule has 4 unspecified atom stereocenters. The molecule has 35 heavy (non-hydrogen) atoms. The van der Waals surface area contributed by atoms with E-state index in [1.54, 1.807) is 18.9 Å². The summed E-state index contributed by atoms with van der Waals surface area (Å²) in [4.78, 5) is 15.0. The Balaban J connectivity index is 1.64. The molecule has 7 heteroatoms. The minimum absolute atomic E-state index is 0.234. The van der Waals surface area contributed by atoms with Crippen LogP contribution in [0.2, 0.25) is 0 Å². The second-order valence-electron chi connectivity index (χ2n) is 9.19. The van der Waals surface area contributed by atoms with Crippen molar-refractivity contribution in [3.63, 3.8) is 0 Å². The number of hydrogen-bond donors (Lipinski definition) is 2. The lowest BCUT2D eigenvalue weighted by atomic mass is 9.89. The predicted octanol–water partition coefficient (Wildman–Crippen LogP) is 3.92. The van der Waals surface area contributed by atoms with E-state index in [0.29, 0.717) is 13.1 Å². The third kappa shape index (κ3) is 5.47. The lowest BCUT2D eigenvalue weighted by Crippen LogP contribution is -2.52. The predicted molar refractivity (Wildman–Crippen MR) is 144 cm³/mol. The zero-order chi connectivity index (χ0) is 25.0. The van der Waals surface area contributed by atoms with E-state index in [1.807, 2.05) is 91.0 Å². The van der Waals surface area contributed by atoms with Gasteiger partial charge in [-0.1, -0.05) is 91.0 Å². The molecule has 184 valence electrons. The summed E-state index contributed by atoms with van der Waals surface area (Å²) in [5.41, 5.74) is 2.85. The highest BCUT2D eigenvalue weighted by molar-refractivity contribution is 7.94. The Bertz CT molecular complexity index is 1180. The number of likely N-dealkylation sites (N-methyl/N-ethyl adjacent to an activating group) is 1. The fraction of sp³-hybridized carbons (Fsp3) is 0.321. The van der Waals surface area contributed by atoms with Gasteiger partial charge in [-0.05, 0) is 23.6 Å². The molecule has 0 bridgehead atoms. The molecule has 5 nitrogen and oxygen atoms in total. The van der Waals surface area contributed by atoms with E-state index < -0.39 is 31.6 Å². The van der Waals surface area contributed by atoms with Gasteiger partial charge in [-0.2, -0.15) is 12.6 Å². The molecule has 1 heterocycles. The van der Waals surface area contributed by atoms with Crippen molar-refractivity contribution >= 4 is 28.4 Å². The van der Waals surface area contributed by atoms with Crippen molar-refractivity contribution < 1.29 is 13.2 Å². The number of amides is 1. The summed E-state index contributed by atoms with van der Waals surface area (Å²) in [6.07, 6.45) is 0. The van der Waals surface area contributed by atoms with Crippen LogP contribution in [-0.2, 0) is 21.2 Å². The fourth-order valence-corrected chi connectivity index (χ4v) is 8.11. The van der Waals surface area contributed by atoms with Gasteiger partial charge in [-0.25, -0.2) is 8.42 Å². The highest BCUT2D eigenvalue weighted by Crippen LogP contribution is 2.36. The van der Waals surface area contributed by atoms with Crippen LogP contribution in [0.25, 0.3) is 0 Å². The van der Waals surface area contributed by atoms with Crippen molar-refractivity contribution in [2.24, 2.45) is 0 Å². The fourth-order valence-electron chi connectivity index (χ4n) is 5.00. The van der Waals surface area contributed by atoms with E-state index in [2.05, 4.69) is 17.9 Å². The van der Waals surface area contributed by atoms with Gasteiger partial charge in [0.25, 0.3) is 0 Å². The summed E-state index contributed by atoms with van der Waals surface area (Å²) in [7, 11) is -2.06. The van der Waals surface area contributed by atoms with Gasteiger partial charge in [-0.15, -0.1) is 0 Å². The van der Waals surface area contributed by atoms with Crippen LogP contribution in [0.15, 0.2) is 91.0 Å². The number of hydrogen-bond acceptors (Lipinski definition) is 5. The summed E-state index contributed by atoms with van der Waals surface area (Å²) < 4.78 is 28.3. The van der Waals surface area contributed by atoms with Crippen molar-refractivity contribution in [2.45, 2.75) is 41.2 Å². The second kappa shape index (κ2) is 11.0. The first-order chi connectivity index (χ1) is 16.8. The number of thiol groups is 1. The Hall–Kier alpha value is -2.61. The summed E-state index contributed by atoms with van der Waals surface area (Å²) in [5, 5.41) is 1.000. The van der Waals surface area contributed by atoms with Crippen molar-refractivity contribution in [3.8, 4) is 0 Å². The summed E-state index contributed by atoms with van der Waals surface area (Å²) in [6, 6.07) is 28.2. The Morgan fingerprint density at radius 2 is 1.43 bits per heavy atom. The van der Waals surface area contributed by atoms with Crippen LogP contribution >= 0.6 is 12.6 Å². The summed E-state index contributed by atoms with van der Waals surface area (Å²) in [5.74, 6) is -0.594. The molecule has 1 aliphatic heterocycles. The van der Waals surface area contributed by atoms with E-state index in [9.17, 15) is 13.2 Å². The number of sulfone groups is 1. The van der Waals surface area contributed by atoms with Crippen LogP contribution in [0.5, 0.6) is 0 Å². The van der Waals surface area contributed by atoms with E-state index in [0.717, 1.165) is 16.7 Å². The Morgan fingerprint density at radius 1 is 0.943 bits per heavy atom. The largest absolute Gasteiger partial charge is 0.340 e. The number of carbonyl (C=O) groups excluding carboxylic acids is 1. The summed E-state index contributed by atoms with van der Waals surface area (Å²) >= 11 is 4.63. The maximum absolute atomic E-state index is 14.2. The number of rotatable bonds is 8. The van der Waals surface area contributed by atoms with Crippen LogP contribution in [-0.4, -0.2) is 54.6 Å². The molecule has 1 N–H and O–H groups in total. The third-order valence-electron chi connectivity index (χ3n) is 6.84. The van der Waals surface area contributed by atoms with E-state index in [1.165, 1.54) is 0 Å². The number of benzene rings is 3. The van der Waals surface area contributed by atoms with Gasteiger partial charge < -0.3 is 10.2 Å². The van der Waals surface area contributed by atoms with E-state index in [4.69, 9.17) is 0 Å². The molecule has 1 saturated heterocycles. The summed E-state index contributed by atoms with van der Waals surface area (Å²) in [6.45, 7) is 2.53. The van der Waals surface area contributed by atoms with Crippen LogP contribution < -0.4 is 5.32 Å². The smallest absolute Gasteiger partial charge is 0.241 e. The van der Waals surface area contributed by atoms with Crippen molar-refractivity contribution in [1.29, 1.82) is 0 Å². The highest BCUT2D eigenvalue weighted by atomic mass is 32.2. The minimum atomic E-state index is -3.77.